The van der Waals surface area contributed by atoms with E-state index in [1.165, 1.54) is 4.90 Å². The SMILES string of the molecule is CC(C)(C)OC(=O)N1CCCCC[C@@H]1C(=O)[O-]. The van der Waals surface area contributed by atoms with E-state index in [9.17, 15) is 14.7 Å². The molecule has 0 bridgehead atoms. The standard InChI is InChI=1S/C12H21NO4/c1-12(2,3)17-11(16)13-8-6-4-5-7-9(13)10(14)15/h9H,4-8H2,1-3H3,(H,14,15)/p-1/t9-/m1/s1. The van der Waals surface area contributed by atoms with E-state index in [-0.39, 0.29) is 0 Å². The minimum absolute atomic E-state index is 0.424. The topological polar surface area (TPSA) is 69.7 Å². The maximum Gasteiger partial charge on any atom is 0.410 e. The molecule has 1 aliphatic heterocycles. The molecule has 0 aromatic heterocycles. The third-order valence-corrected chi connectivity index (χ3v) is 2.65. The molecule has 1 amide bonds. The van der Waals surface area contributed by atoms with Gasteiger partial charge in [-0.05, 0) is 33.6 Å². The first-order chi connectivity index (χ1) is 7.81. The summed E-state index contributed by atoms with van der Waals surface area (Å²) in [5.41, 5.74) is -0.611. The fourth-order valence-electron chi connectivity index (χ4n) is 1.89. The van der Waals surface area contributed by atoms with E-state index in [1.807, 2.05) is 0 Å². The third-order valence-electron chi connectivity index (χ3n) is 2.65. The molecule has 5 heteroatoms. The number of aliphatic carboxylic acids is 1. The minimum Gasteiger partial charge on any atom is -0.548 e. The maximum atomic E-state index is 11.9. The molecule has 0 aromatic carbocycles. The number of rotatable bonds is 1. The number of nitrogens with zero attached hydrogens (tertiary/aromatic N) is 1. The first-order valence-corrected chi connectivity index (χ1v) is 6.02. The van der Waals surface area contributed by atoms with Crippen molar-refractivity contribution in [3.05, 3.63) is 0 Å². The molecule has 98 valence electrons. The summed E-state index contributed by atoms with van der Waals surface area (Å²) in [6.45, 7) is 5.71. The van der Waals surface area contributed by atoms with Crippen LogP contribution in [0.2, 0.25) is 0 Å². The Balaban J connectivity index is 2.75. The van der Waals surface area contributed by atoms with E-state index in [4.69, 9.17) is 4.74 Å². The van der Waals surface area contributed by atoms with Crippen LogP contribution in [-0.4, -0.2) is 35.2 Å². The van der Waals surface area contributed by atoms with Crippen LogP contribution in [0.5, 0.6) is 0 Å². The van der Waals surface area contributed by atoms with Crippen LogP contribution in [0, 0.1) is 0 Å². The van der Waals surface area contributed by atoms with Crippen LogP contribution < -0.4 is 5.11 Å². The van der Waals surface area contributed by atoms with Gasteiger partial charge < -0.3 is 14.6 Å². The van der Waals surface area contributed by atoms with E-state index in [1.54, 1.807) is 20.8 Å². The summed E-state index contributed by atoms with van der Waals surface area (Å²) in [6, 6.07) is -0.854. The van der Waals surface area contributed by atoms with Crippen LogP contribution >= 0.6 is 0 Å². The summed E-state index contributed by atoms with van der Waals surface area (Å²) < 4.78 is 5.21. The summed E-state index contributed by atoms with van der Waals surface area (Å²) >= 11 is 0. The lowest BCUT2D eigenvalue weighted by Gasteiger charge is -2.32. The quantitative estimate of drug-likeness (QED) is 0.685. The van der Waals surface area contributed by atoms with Gasteiger partial charge in [-0.25, -0.2) is 4.79 Å². The van der Waals surface area contributed by atoms with Crippen molar-refractivity contribution in [1.82, 2.24) is 4.90 Å². The Labute approximate surface area is 102 Å². The zero-order chi connectivity index (χ0) is 13.1. The van der Waals surface area contributed by atoms with Crippen LogP contribution in [0.1, 0.15) is 46.5 Å². The van der Waals surface area contributed by atoms with Crippen LogP contribution in [0.15, 0.2) is 0 Å². The molecular weight excluding hydrogens is 222 g/mol. The van der Waals surface area contributed by atoms with E-state index in [2.05, 4.69) is 0 Å². The molecule has 5 nitrogen and oxygen atoms in total. The molecule has 17 heavy (non-hydrogen) atoms. The highest BCUT2D eigenvalue weighted by molar-refractivity contribution is 5.79. The summed E-state index contributed by atoms with van der Waals surface area (Å²) in [5, 5.41) is 11.0. The van der Waals surface area contributed by atoms with Gasteiger partial charge in [-0.1, -0.05) is 12.8 Å². The Bertz CT molecular complexity index is 295. The van der Waals surface area contributed by atoms with Crippen LogP contribution in [0.25, 0.3) is 0 Å². The van der Waals surface area contributed by atoms with Crippen molar-refractivity contribution in [2.75, 3.05) is 6.54 Å². The molecule has 0 aromatic rings. The lowest BCUT2D eigenvalue weighted by molar-refractivity contribution is -0.311. The van der Waals surface area contributed by atoms with Gasteiger partial charge in [0.05, 0.1) is 12.0 Å². The number of amides is 1. The number of hydrogen-bond acceptors (Lipinski definition) is 4. The van der Waals surface area contributed by atoms with Gasteiger partial charge in [0.15, 0.2) is 0 Å². The van der Waals surface area contributed by atoms with Crippen LogP contribution in [0.4, 0.5) is 4.79 Å². The van der Waals surface area contributed by atoms with Gasteiger partial charge in [0.1, 0.15) is 5.60 Å². The number of ether oxygens (including phenoxy) is 1. The van der Waals surface area contributed by atoms with Crippen molar-refractivity contribution in [1.29, 1.82) is 0 Å². The highest BCUT2D eigenvalue weighted by Gasteiger charge is 2.29. The second-order valence-corrected chi connectivity index (χ2v) is 5.36. The predicted molar refractivity (Wildman–Crippen MR) is 60.2 cm³/mol. The Kier molecular flexibility index (Phi) is 4.37. The number of carboxylic acids is 1. The van der Waals surface area contributed by atoms with Gasteiger partial charge in [-0.15, -0.1) is 0 Å². The number of likely N-dealkylation sites (tertiary alicyclic amines) is 1. The van der Waals surface area contributed by atoms with Gasteiger partial charge in [0.25, 0.3) is 0 Å². The normalized spacial score (nSPS) is 21.8. The molecule has 0 saturated carbocycles. The summed E-state index contributed by atoms with van der Waals surface area (Å²) in [6.07, 6.45) is 2.43. The zero-order valence-corrected chi connectivity index (χ0v) is 10.7. The van der Waals surface area contributed by atoms with Crippen molar-refractivity contribution in [2.45, 2.75) is 58.1 Å². The van der Waals surface area contributed by atoms with Crippen molar-refractivity contribution >= 4 is 12.1 Å². The summed E-state index contributed by atoms with van der Waals surface area (Å²) in [4.78, 5) is 24.2. The molecule has 1 rings (SSSR count). The number of hydrogen-bond donors (Lipinski definition) is 0. The smallest absolute Gasteiger partial charge is 0.410 e. The van der Waals surface area contributed by atoms with Crippen LogP contribution in [0.3, 0.4) is 0 Å². The molecule has 0 N–H and O–H groups in total. The Morgan fingerprint density at radius 3 is 2.41 bits per heavy atom. The number of carbonyl (C=O) groups is 2. The van der Waals surface area contributed by atoms with Gasteiger partial charge in [0.2, 0.25) is 0 Å². The summed E-state index contributed by atoms with van der Waals surface area (Å²) in [5.74, 6) is -1.20. The first kappa shape index (κ1) is 13.8. The molecule has 1 aliphatic rings. The highest BCUT2D eigenvalue weighted by atomic mass is 16.6. The minimum atomic E-state index is -1.20. The molecular formula is C12H20NO4-. The van der Waals surface area contributed by atoms with E-state index in [0.717, 1.165) is 19.3 Å². The molecule has 1 saturated heterocycles. The number of carboxylic acid groups (broad SMARTS) is 1. The average Bonchev–Trinajstić information content (AvgIpc) is 2.39. The first-order valence-electron chi connectivity index (χ1n) is 6.02. The number of carbonyl (C=O) groups excluding carboxylic acids is 2. The molecule has 0 radical (unpaired) electrons. The molecule has 0 spiro atoms. The lowest BCUT2D eigenvalue weighted by atomic mass is 10.1. The van der Waals surface area contributed by atoms with E-state index >= 15 is 0 Å². The van der Waals surface area contributed by atoms with Gasteiger partial charge >= 0.3 is 6.09 Å². The summed E-state index contributed by atoms with van der Waals surface area (Å²) in [7, 11) is 0. The second-order valence-electron chi connectivity index (χ2n) is 5.36. The monoisotopic (exact) mass is 242 g/mol. The van der Waals surface area contributed by atoms with Crippen molar-refractivity contribution < 1.29 is 19.4 Å². The lowest BCUT2D eigenvalue weighted by Crippen LogP contribution is -2.51. The zero-order valence-electron chi connectivity index (χ0n) is 10.7. The largest absolute Gasteiger partial charge is 0.548 e. The molecule has 1 heterocycles. The van der Waals surface area contributed by atoms with Crippen LogP contribution in [-0.2, 0) is 9.53 Å². The van der Waals surface area contributed by atoms with Crippen molar-refractivity contribution in [3.8, 4) is 0 Å². The maximum absolute atomic E-state index is 11.9. The third kappa shape index (κ3) is 4.24. The van der Waals surface area contributed by atoms with Crippen molar-refractivity contribution in [2.24, 2.45) is 0 Å². The highest BCUT2D eigenvalue weighted by Crippen LogP contribution is 2.19. The van der Waals surface area contributed by atoms with Gasteiger partial charge in [-0.3, -0.25) is 4.90 Å². The molecule has 0 aliphatic carbocycles. The van der Waals surface area contributed by atoms with Gasteiger partial charge in [-0.2, -0.15) is 0 Å². The molecule has 1 atom stereocenters. The predicted octanol–water partition coefficient (Wildman–Crippen LogP) is 0.916. The fourth-order valence-corrected chi connectivity index (χ4v) is 1.89. The second kappa shape index (κ2) is 5.38. The Morgan fingerprint density at radius 2 is 1.88 bits per heavy atom. The Hall–Kier alpha value is -1.26. The molecule has 1 fully saturated rings. The Morgan fingerprint density at radius 1 is 1.24 bits per heavy atom. The average molecular weight is 242 g/mol. The van der Waals surface area contributed by atoms with Gasteiger partial charge in [0, 0.05) is 6.54 Å². The van der Waals surface area contributed by atoms with Crippen molar-refractivity contribution in [3.63, 3.8) is 0 Å². The van der Waals surface area contributed by atoms with E-state index in [0.29, 0.717) is 13.0 Å². The van der Waals surface area contributed by atoms with E-state index < -0.39 is 23.7 Å². The fraction of sp³-hybridized carbons (Fsp3) is 0.833. The molecule has 0 unspecified atom stereocenters.